The smallest absolute Gasteiger partial charge is 0.143 e. The fourth-order valence-electron chi connectivity index (χ4n) is 0.510. The van der Waals surface area contributed by atoms with Crippen molar-refractivity contribution >= 4 is 38.7 Å². The zero-order valence-corrected chi connectivity index (χ0v) is 8.99. The van der Waals surface area contributed by atoms with Crippen molar-refractivity contribution in [2.24, 2.45) is 5.92 Å². The minimum Gasteiger partial charge on any atom is -0.299 e. The van der Waals surface area contributed by atoms with Crippen molar-refractivity contribution in [3.05, 3.63) is 0 Å². The van der Waals surface area contributed by atoms with E-state index < -0.39 is 0 Å². The lowest BCUT2D eigenvalue weighted by Crippen LogP contribution is -2.02. The van der Waals surface area contributed by atoms with E-state index in [1.54, 1.807) is 0 Å². The van der Waals surface area contributed by atoms with Gasteiger partial charge in [-0.25, -0.2) is 0 Å². The molecule has 3 heteroatoms. The van der Waals surface area contributed by atoms with E-state index >= 15 is 0 Å². The Hall–Kier alpha value is 0.630. The predicted octanol–water partition coefficient (Wildman–Crippen LogP) is 2.57. The lowest BCUT2D eigenvalue weighted by molar-refractivity contribution is -0.117. The maximum absolute atomic E-state index is 10.6. The van der Waals surface area contributed by atoms with Crippen LogP contribution < -0.4 is 0 Å². The van der Waals surface area contributed by atoms with Crippen LogP contribution in [0, 0.1) is 5.92 Å². The van der Waals surface area contributed by atoms with Crippen LogP contribution >= 0.6 is 32.9 Å². The van der Waals surface area contributed by atoms with E-state index in [2.05, 4.69) is 15.9 Å². The first-order chi connectivity index (χ1) is 3.66. The molecule has 0 atom stereocenters. The number of rotatable bonds is 3. The number of alkyl halides is 1. The van der Waals surface area contributed by atoms with Crippen LogP contribution in [0.5, 0.6) is 0 Å². The molecule has 1 nitrogen and oxygen atoms in total. The van der Waals surface area contributed by atoms with Gasteiger partial charge >= 0.3 is 0 Å². The van der Waals surface area contributed by atoms with Crippen LogP contribution in [-0.2, 0) is 4.79 Å². The van der Waals surface area contributed by atoms with Gasteiger partial charge in [0.1, 0.15) is 5.78 Å². The van der Waals surface area contributed by atoms with Gasteiger partial charge in [0.25, 0.3) is 0 Å². The molecule has 0 aromatic heterocycles. The van der Waals surface area contributed by atoms with Gasteiger partial charge in [0.2, 0.25) is 0 Å². The van der Waals surface area contributed by atoms with Crippen molar-refractivity contribution < 1.29 is 4.79 Å². The van der Waals surface area contributed by atoms with E-state index in [0.29, 0.717) is 23.5 Å². The third-order valence-electron chi connectivity index (χ3n) is 0.785. The van der Waals surface area contributed by atoms with Gasteiger partial charge < -0.3 is 0 Å². The Labute approximate surface area is 75.1 Å². The zero-order valence-electron chi connectivity index (χ0n) is 5.69. The molecule has 0 rings (SSSR count). The van der Waals surface area contributed by atoms with Gasteiger partial charge in [-0.1, -0.05) is 29.8 Å². The maximum atomic E-state index is 10.6. The van der Waals surface area contributed by atoms with Gasteiger partial charge in [-0.15, -0.1) is 17.0 Å². The summed E-state index contributed by atoms with van der Waals surface area (Å²) in [7, 11) is 0. The minimum absolute atomic E-state index is 0. The zero-order chi connectivity index (χ0) is 6.57. The third-order valence-corrected chi connectivity index (χ3v) is 1.41. The molecule has 0 aliphatic heterocycles. The predicted molar refractivity (Wildman–Crippen MR) is 48.6 cm³/mol. The lowest BCUT2D eigenvalue weighted by Gasteiger charge is -1.97. The molecule has 0 amide bonds. The second-order valence-electron chi connectivity index (χ2n) is 2.27. The molecule has 0 unspecified atom stereocenters. The fourth-order valence-corrected chi connectivity index (χ4v) is 0.739. The lowest BCUT2D eigenvalue weighted by atomic mass is 10.1. The average Bonchev–Trinajstić information content (AvgIpc) is 1.65. The molecule has 0 aromatic carbocycles. The third kappa shape index (κ3) is 8.63. The fraction of sp³-hybridized carbons (Fsp3) is 0.833. The molecule has 0 spiro atoms. The second-order valence-corrected chi connectivity index (χ2v) is 2.83. The van der Waals surface area contributed by atoms with Crippen molar-refractivity contribution in [3.8, 4) is 0 Å². The largest absolute Gasteiger partial charge is 0.299 e. The summed E-state index contributed by atoms with van der Waals surface area (Å²) >= 11 is 3.09. The summed E-state index contributed by atoms with van der Waals surface area (Å²) in [5, 5.41) is 0.505. The molecule has 0 aliphatic rings. The van der Waals surface area contributed by atoms with E-state index in [0.717, 1.165) is 0 Å². The van der Waals surface area contributed by atoms with Gasteiger partial charge in [0.15, 0.2) is 0 Å². The first-order valence-electron chi connectivity index (χ1n) is 2.74. The molecule has 0 bridgehead atoms. The molecular weight excluding hydrogens is 248 g/mol. The highest BCUT2D eigenvalue weighted by Gasteiger charge is 2.00. The first kappa shape index (κ1) is 12.3. The highest BCUT2D eigenvalue weighted by Crippen LogP contribution is 2.00. The molecular formula is C6H12Br2O. The second kappa shape index (κ2) is 6.75. The molecule has 0 aliphatic carbocycles. The number of carbonyl (C=O) groups excluding carboxylic acids is 1. The monoisotopic (exact) mass is 258 g/mol. The van der Waals surface area contributed by atoms with Crippen molar-refractivity contribution in [2.45, 2.75) is 20.3 Å². The molecule has 0 radical (unpaired) electrons. The summed E-state index contributed by atoms with van der Waals surface area (Å²) in [6.45, 7) is 4.08. The molecule has 0 saturated carbocycles. The molecule has 0 saturated heterocycles. The molecule has 0 fully saturated rings. The molecule has 0 aromatic rings. The normalized spacial score (nSPS) is 8.89. The minimum atomic E-state index is 0. The molecule has 56 valence electrons. The van der Waals surface area contributed by atoms with E-state index in [4.69, 9.17) is 0 Å². The number of ketones is 1. The Morgan fingerprint density at radius 1 is 1.56 bits per heavy atom. The number of hydrogen-bond donors (Lipinski definition) is 0. The first-order valence-corrected chi connectivity index (χ1v) is 3.86. The van der Waals surface area contributed by atoms with Gasteiger partial charge in [0, 0.05) is 6.42 Å². The van der Waals surface area contributed by atoms with Crippen LogP contribution in [0.4, 0.5) is 0 Å². The molecule has 9 heavy (non-hydrogen) atoms. The van der Waals surface area contributed by atoms with Crippen LogP contribution in [0.2, 0.25) is 0 Å². The van der Waals surface area contributed by atoms with E-state index in [9.17, 15) is 4.79 Å². The van der Waals surface area contributed by atoms with Crippen molar-refractivity contribution in [1.29, 1.82) is 0 Å². The highest BCUT2D eigenvalue weighted by atomic mass is 79.9. The summed E-state index contributed by atoms with van der Waals surface area (Å²) in [6, 6.07) is 0. The summed E-state index contributed by atoms with van der Waals surface area (Å²) < 4.78 is 0. The summed E-state index contributed by atoms with van der Waals surface area (Å²) in [6.07, 6.45) is 0.700. The number of carbonyl (C=O) groups is 1. The number of hydrogen-bond acceptors (Lipinski definition) is 1. The quantitative estimate of drug-likeness (QED) is 0.712. The van der Waals surface area contributed by atoms with E-state index in [1.165, 1.54) is 0 Å². The average molecular weight is 260 g/mol. The molecule has 0 heterocycles. The van der Waals surface area contributed by atoms with Crippen molar-refractivity contribution in [2.75, 3.05) is 5.33 Å². The van der Waals surface area contributed by atoms with Crippen molar-refractivity contribution in [1.82, 2.24) is 0 Å². The van der Waals surface area contributed by atoms with Gasteiger partial charge in [0.05, 0.1) is 5.33 Å². The Bertz CT molecular complexity index is 81.1. The topological polar surface area (TPSA) is 17.1 Å². The van der Waals surface area contributed by atoms with Crippen LogP contribution in [-0.4, -0.2) is 11.1 Å². The van der Waals surface area contributed by atoms with Crippen LogP contribution in [0.1, 0.15) is 20.3 Å². The van der Waals surface area contributed by atoms with Gasteiger partial charge in [-0.05, 0) is 5.92 Å². The number of halogens is 2. The van der Waals surface area contributed by atoms with Gasteiger partial charge in [-0.2, -0.15) is 0 Å². The summed E-state index contributed by atoms with van der Waals surface area (Å²) in [5.41, 5.74) is 0. The Kier molecular flexibility index (Phi) is 9.23. The van der Waals surface area contributed by atoms with Crippen molar-refractivity contribution in [3.63, 3.8) is 0 Å². The number of Topliss-reactive ketones (excluding diaryl/α,β-unsaturated/α-hetero) is 1. The van der Waals surface area contributed by atoms with Crippen LogP contribution in [0.25, 0.3) is 0 Å². The Balaban J connectivity index is 0. The summed E-state index contributed by atoms with van der Waals surface area (Å²) in [4.78, 5) is 10.6. The Morgan fingerprint density at radius 2 is 2.00 bits per heavy atom. The van der Waals surface area contributed by atoms with Crippen LogP contribution in [0.3, 0.4) is 0 Å². The SMILES string of the molecule is Br.CC(C)CC(=O)CBr. The Morgan fingerprint density at radius 3 is 2.11 bits per heavy atom. The standard InChI is InChI=1S/C6H11BrO.BrH/c1-5(2)3-6(8)4-7;/h5H,3-4H2,1-2H3;1H. The van der Waals surface area contributed by atoms with E-state index in [-0.39, 0.29) is 17.0 Å². The molecule has 0 N–H and O–H groups in total. The maximum Gasteiger partial charge on any atom is 0.143 e. The van der Waals surface area contributed by atoms with Gasteiger partial charge in [-0.3, -0.25) is 4.79 Å². The highest BCUT2D eigenvalue weighted by molar-refractivity contribution is 9.09. The van der Waals surface area contributed by atoms with Crippen LogP contribution in [0.15, 0.2) is 0 Å². The van der Waals surface area contributed by atoms with E-state index in [1.807, 2.05) is 13.8 Å². The summed E-state index contributed by atoms with van der Waals surface area (Å²) in [5.74, 6) is 0.792.